The molecule has 1 aliphatic heterocycles. The van der Waals surface area contributed by atoms with Crippen LogP contribution in [0.4, 0.5) is 5.69 Å². The molecule has 0 saturated carbocycles. The van der Waals surface area contributed by atoms with Gasteiger partial charge in [-0.3, -0.25) is 9.59 Å². The Morgan fingerprint density at radius 3 is 2.50 bits per heavy atom. The quantitative estimate of drug-likeness (QED) is 0.644. The van der Waals surface area contributed by atoms with Crippen molar-refractivity contribution in [1.82, 2.24) is 0 Å². The maximum absolute atomic E-state index is 12.2. The van der Waals surface area contributed by atoms with Gasteiger partial charge in [-0.25, -0.2) is 0 Å². The van der Waals surface area contributed by atoms with Crippen LogP contribution in [0.15, 0.2) is 24.3 Å². The molecular weight excluding hydrogens is 234 g/mol. The molecule has 2 rings (SSSR count). The van der Waals surface area contributed by atoms with E-state index < -0.39 is 11.4 Å². The zero-order valence-corrected chi connectivity index (χ0v) is 10.4. The molecule has 1 aliphatic rings. The molecule has 0 unspecified atom stereocenters. The molecule has 1 heterocycles. The third kappa shape index (κ3) is 1.97. The van der Waals surface area contributed by atoms with Gasteiger partial charge in [0.15, 0.2) is 5.41 Å². The molecule has 18 heavy (non-hydrogen) atoms. The molecule has 0 aromatic heterocycles. The van der Waals surface area contributed by atoms with E-state index >= 15 is 0 Å². The van der Waals surface area contributed by atoms with Gasteiger partial charge in [-0.1, -0.05) is 18.2 Å². The first kappa shape index (κ1) is 12.6. The maximum atomic E-state index is 12.2. The second-order valence-corrected chi connectivity index (χ2v) is 4.34. The third-order valence-electron chi connectivity index (χ3n) is 3.10. The number of nitrogens with one attached hydrogen (secondary N) is 1. The van der Waals surface area contributed by atoms with Crippen molar-refractivity contribution >= 4 is 17.6 Å². The molecule has 0 radical (unpaired) electrons. The van der Waals surface area contributed by atoms with Crippen molar-refractivity contribution in [1.29, 1.82) is 0 Å². The van der Waals surface area contributed by atoms with E-state index in [4.69, 9.17) is 4.74 Å². The SMILES string of the molecule is COC(=O)C1(C(=O)Nc2ccccc2C)COC1. The van der Waals surface area contributed by atoms with Gasteiger partial charge in [-0.05, 0) is 18.6 Å². The van der Waals surface area contributed by atoms with Crippen molar-refractivity contribution in [3.05, 3.63) is 29.8 Å². The van der Waals surface area contributed by atoms with Crippen molar-refractivity contribution in [2.24, 2.45) is 5.41 Å². The van der Waals surface area contributed by atoms with E-state index in [2.05, 4.69) is 10.1 Å². The monoisotopic (exact) mass is 249 g/mol. The fraction of sp³-hybridized carbons (Fsp3) is 0.385. The van der Waals surface area contributed by atoms with Gasteiger partial charge in [0.2, 0.25) is 5.91 Å². The number of anilines is 1. The van der Waals surface area contributed by atoms with Crippen LogP contribution in [0.1, 0.15) is 5.56 Å². The van der Waals surface area contributed by atoms with Crippen molar-refractivity contribution in [3.8, 4) is 0 Å². The largest absolute Gasteiger partial charge is 0.468 e. The molecular formula is C13H15NO4. The number of esters is 1. The Kier molecular flexibility index (Phi) is 3.34. The van der Waals surface area contributed by atoms with Crippen LogP contribution in [0.25, 0.3) is 0 Å². The van der Waals surface area contributed by atoms with E-state index in [-0.39, 0.29) is 19.1 Å². The van der Waals surface area contributed by atoms with Crippen LogP contribution in [-0.4, -0.2) is 32.2 Å². The predicted octanol–water partition coefficient (Wildman–Crippen LogP) is 1.12. The summed E-state index contributed by atoms with van der Waals surface area (Å²) in [5.74, 6) is -0.935. The number of hydrogen-bond donors (Lipinski definition) is 1. The smallest absolute Gasteiger partial charge is 0.326 e. The molecule has 0 spiro atoms. The van der Waals surface area contributed by atoms with E-state index in [9.17, 15) is 9.59 Å². The number of hydrogen-bond acceptors (Lipinski definition) is 4. The van der Waals surface area contributed by atoms with Crippen LogP contribution in [0, 0.1) is 12.3 Å². The van der Waals surface area contributed by atoms with E-state index in [0.29, 0.717) is 5.69 Å². The van der Waals surface area contributed by atoms with Gasteiger partial charge in [0.05, 0.1) is 20.3 Å². The van der Waals surface area contributed by atoms with Crippen molar-refractivity contribution in [2.45, 2.75) is 6.92 Å². The van der Waals surface area contributed by atoms with Crippen molar-refractivity contribution in [3.63, 3.8) is 0 Å². The number of rotatable bonds is 3. The number of aryl methyl sites for hydroxylation is 1. The summed E-state index contributed by atoms with van der Waals surface area (Å²) in [6.07, 6.45) is 0. The molecule has 1 N–H and O–H groups in total. The Labute approximate surface area is 105 Å². The van der Waals surface area contributed by atoms with E-state index in [0.717, 1.165) is 5.56 Å². The lowest BCUT2D eigenvalue weighted by atomic mass is 9.84. The standard InChI is InChI=1S/C13H15NO4/c1-9-5-3-4-6-10(9)14-11(15)13(7-18-8-13)12(16)17-2/h3-6H,7-8H2,1-2H3,(H,14,15). The molecule has 1 fully saturated rings. The first-order chi connectivity index (χ1) is 8.60. The minimum Gasteiger partial charge on any atom is -0.468 e. The first-order valence-electron chi connectivity index (χ1n) is 5.63. The Morgan fingerprint density at radius 2 is 2.00 bits per heavy atom. The van der Waals surface area contributed by atoms with Gasteiger partial charge < -0.3 is 14.8 Å². The summed E-state index contributed by atoms with van der Waals surface area (Å²) >= 11 is 0. The first-order valence-corrected chi connectivity index (χ1v) is 5.63. The highest BCUT2D eigenvalue weighted by Crippen LogP contribution is 2.31. The number of amides is 1. The second-order valence-electron chi connectivity index (χ2n) is 4.34. The molecule has 96 valence electrons. The van der Waals surface area contributed by atoms with Gasteiger partial charge in [0, 0.05) is 5.69 Å². The minimum absolute atomic E-state index is 0.0669. The molecule has 1 saturated heterocycles. The fourth-order valence-corrected chi connectivity index (χ4v) is 1.80. The molecule has 1 aromatic carbocycles. The fourth-order valence-electron chi connectivity index (χ4n) is 1.80. The summed E-state index contributed by atoms with van der Waals surface area (Å²) in [5.41, 5.74) is 0.431. The van der Waals surface area contributed by atoms with Crippen LogP contribution in [0.3, 0.4) is 0 Å². The van der Waals surface area contributed by atoms with Crippen LogP contribution in [-0.2, 0) is 19.1 Å². The van der Waals surface area contributed by atoms with Crippen LogP contribution < -0.4 is 5.32 Å². The number of benzene rings is 1. The molecule has 1 amide bonds. The Morgan fingerprint density at radius 1 is 1.33 bits per heavy atom. The highest BCUT2D eigenvalue weighted by molar-refractivity contribution is 6.10. The molecule has 0 bridgehead atoms. The zero-order chi connectivity index (χ0) is 13.2. The summed E-state index contributed by atoms with van der Waals surface area (Å²) in [5, 5.41) is 2.75. The normalized spacial score (nSPS) is 16.6. The summed E-state index contributed by atoms with van der Waals surface area (Å²) in [6, 6.07) is 7.38. The average molecular weight is 249 g/mol. The molecule has 5 nitrogen and oxygen atoms in total. The topological polar surface area (TPSA) is 64.6 Å². The summed E-state index contributed by atoms with van der Waals surface area (Å²) in [6.45, 7) is 2.02. The molecule has 0 aliphatic carbocycles. The lowest BCUT2D eigenvalue weighted by Gasteiger charge is -2.36. The van der Waals surface area contributed by atoms with Crippen LogP contribution in [0.5, 0.6) is 0 Å². The summed E-state index contributed by atoms with van der Waals surface area (Å²) < 4.78 is 9.66. The van der Waals surface area contributed by atoms with E-state index in [1.165, 1.54) is 7.11 Å². The van der Waals surface area contributed by atoms with Crippen LogP contribution >= 0.6 is 0 Å². The summed E-state index contributed by atoms with van der Waals surface area (Å²) in [7, 11) is 1.27. The second kappa shape index (κ2) is 4.78. The van der Waals surface area contributed by atoms with Gasteiger partial charge in [0.1, 0.15) is 0 Å². The van der Waals surface area contributed by atoms with Crippen molar-refractivity contribution < 1.29 is 19.1 Å². The Balaban J connectivity index is 2.17. The zero-order valence-electron chi connectivity index (χ0n) is 10.4. The molecule has 0 atom stereocenters. The van der Waals surface area contributed by atoms with Gasteiger partial charge in [-0.15, -0.1) is 0 Å². The Bertz CT molecular complexity index is 480. The van der Waals surface area contributed by atoms with Gasteiger partial charge >= 0.3 is 5.97 Å². The number of carbonyl (C=O) groups excluding carboxylic acids is 2. The number of para-hydroxylation sites is 1. The maximum Gasteiger partial charge on any atom is 0.326 e. The predicted molar refractivity (Wildman–Crippen MR) is 65.1 cm³/mol. The van der Waals surface area contributed by atoms with Gasteiger partial charge in [0.25, 0.3) is 0 Å². The number of ether oxygens (including phenoxy) is 2. The van der Waals surface area contributed by atoms with Crippen LogP contribution in [0.2, 0.25) is 0 Å². The van der Waals surface area contributed by atoms with E-state index in [1.54, 1.807) is 6.07 Å². The number of carbonyl (C=O) groups is 2. The lowest BCUT2D eigenvalue weighted by molar-refractivity contribution is -0.185. The highest BCUT2D eigenvalue weighted by Gasteiger charge is 2.54. The van der Waals surface area contributed by atoms with E-state index in [1.807, 2.05) is 25.1 Å². The summed E-state index contributed by atoms with van der Waals surface area (Å²) in [4.78, 5) is 23.8. The number of methoxy groups -OCH3 is 1. The Hall–Kier alpha value is -1.88. The van der Waals surface area contributed by atoms with Gasteiger partial charge in [-0.2, -0.15) is 0 Å². The highest BCUT2D eigenvalue weighted by atomic mass is 16.5. The minimum atomic E-state index is -1.20. The average Bonchev–Trinajstić information content (AvgIpc) is 2.30. The van der Waals surface area contributed by atoms with Crippen molar-refractivity contribution in [2.75, 3.05) is 25.6 Å². The third-order valence-corrected chi connectivity index (χ3v) is 3.10. The molecule has 1 aromatic rings. The molecule has 5 heteroatoms. The lowest BCUT2D eigenvalue weighted by Crippen LogP contribution is -2.57.